The third-order valence-electron chi connectivity index (χ3n) is 6.60. The summed E-state index contributed by atoms with van der Waals surface area (Å²) >= 11 is 1.72. The molecule has 2 aromatic carbocycles. The number of thioether (sulfide) groups is 1. The molecular weight excluding hydrogens is 408 g/mol. The molecule has 5 heteroatoms. The fraction of sp³-hybridized carbons (Fsp3) is 0.520. The van der Waals surface area contributed by atoms with E-state index < -0.39 is 14.4 Å². The Labute approximate surface area is 187 Å². The van der Waals surface area contributed by atoms with Crippen molar-refractivity contribution in [1.29, 1.82) is 0 Å². The first kappa shape index (κ1) is 23.5. The zero-order valence-electron chi connectivity index (χ0n) is 19.0. The van der Waals surface area contributed by atoms with Gasteiger partial charge >= 0.3 is 0 Å². The van der Waals surface area contributed by atoms with Crippen LogP contribution in [0.1, 0.15) is 34.6 Å². The maximum atomic E-state index is 11.0. The molecule has 1 heterocycles. The highest BCUT2D eigenvalue weighted by atomic mass is 32.2. The molecule has 1 N–H and O–H groups in total. The van der Waals surface area contributed by atoms with Crippen LogP contribution in [-0.4, -0.2) is 43.9 Å². The maximum absolute atomic E-state index is 11.0. The molecule has 1 aliphatic rings. The molecule has 30 heavy (non-hydrogen) atoms. The van der Waals surface area contributed by atoms with Gasteiger partial charge in [-0.15, -0.1) is 11.8 Å². The normalized spacial score (nSPS) is 27.8. The van der Waals surface area contributed by atoms with Crippen molar-refractivity contribution in [2.75, 3.05) is 12.9 Å². The number of hydrogen-bond acceptors (Lipinski definition) is 4. The molecule has 0 amide bonds. The Morgan fingerprint density at radius 2 is 1.43 bits per heavy atom. The summed E-state index contributed by atoms with van der Waals surface area (Å²) in [5, 5.41) is 13.4. The van der Waals surface area contributed by atoms with Crippen molar-refractivity contribution >= 4 is 30.5 Å². The van der Waals surface area contributed by atoms with Gasteiger partial charge in [0.15, 0.2) is 0 Å². The van der Waals surface area contributed by atoms with Gasteiger partial charge in [0.25, 0.3) is 8.32 Å². The third kappa shape index (κ3) is 4.41. The van der Waals surface area contributed by atoms with Gasteiger partial charge in [-0.25, -0.2) is 0 Å². The average Bonchev–Trinajstić information content (AvgIpc) is 2.74. The van der Waals surface area contributed by atoms with E-state index in [0.29, 0.717) is 12.5 Å². The number of ether oxygens (including phenoxy) is 1. The number of hydrogen-bond donors (Lipinski definition) is 1. The van der Waals surface area contributed by atoms with Crippen LogP contribution in [0.3, 0.4) is 0 Å². The summed E-state index contributed by atoms with van der Waals surface area (Å²) in [6, 6.07) is 21.2. The molecule has 1 fully saturated rings. The molecule has 0 aliphatic carbocycles. The van der Waals surface area contributed by atoms with Crippen molar-refractivity contribution in [2.24, 2.45) is 11.8 Å². The topological polar surface area (TPSA) is 38.7 Å². The molecule has 0 saturated carbocycles. The average molecular weight is 445 g/mol. The largest absolute Gasteiger partial charge is 0.405 e. The van der Waals surface area contributed by atoms with Gasteiger partial charge in [0.05, 0.1) is 12.7 Å². The van der Waals surface area contributed by atoms with Crippen LogP contribution < -0.4 is 10.4 Å². The highest BCUT2D eigenvalue weighted by Crippen LogP contribution is 2.39. The molecule has 164 valence electrons. The molecule has 1 saturated heterocycles. The summed E-state index contributed by atoms with van der Waals surface area (Å²) in [7, 11) is -2.63. The minimum Gasteiger partial charge on any atom is -0.405 e. The zero-order chi connectivity index (χ0) is 21.9. The molecule has 2 aromatic rings. The van der Waals surface area contributed by atoms with Gasteiger partial charge in [-0.2, -0.15) is 0 Å². The van der Waals surface area contributed by atoms with Crippen LogP contribution in [0.2, 0.25) is 5.04 Å². The van der Waals surface area contributed by atoms with Crippen LogP contribution >= 0.6 is 11.8 Å². The monoisotopic (exact) mass is 444 g/mol. The number of aliphatic hydroxyl groups excluding tert-OH is 1. The summed E-state index contributed by atoms with van der Waals surface area (Å²) in [5.41, 5.74) is 0.0798. The van der Waals surface area contributed by atoms with Gasteiger partial charge in [-0.1, -0.05) is 95.3 Å². The fourth-order valence-electron chi connectivity index (χ4n) is 4.65. The Kier molecular flexibility index (Phi) is 7.52. The van der Waals surface area contributed by atoms with Gasteiger partial charge in [-0.3, -0.25) is 0 Å². The lowest BCUT2D eigenvalue weighted by atomic mass is 9.86. The van der Waals surface area contributed by atoms with Crippen LogP contribution in [-0.2, 0) is 9.16 Å². The maximum Gasteiger partial charge on any atom is 0.261 e. The molecule has 0 aromatic heterocycles. The Morgan fingerprint density at radius 1 is 0.933 bits per heavy atom. The van der Waals surface area contributed by atoms with Gasteiger partial charge in [0.1, 0.15) is 11.5 Å². The van der Waals surface area contributed by atoms with Crippen molar-refractivity contribution in [2.45, 2.75) is 57.3 Å². The molecular formula is C25H36O3SSi. The SMILES string of the molecule is CS[C@@H]1OC(CO[Si](c2ccccc2)(c2ccccc2)C(C)(C)C)[C@H](O)[C@H](C)C1C. The van der Waals surface area contributed by atoms with E-state index in [-0.39, 0.29) is 22.5 Å². The fourth-order valence-corrected chi connectivity index (χ4v) is 10.2. The van der Waals surface area contributed by atoms with E-state index in [1.165, 1.54) is 10.4 Å². The van der Waals surface area contributed by atoms with E-state index in [0.717, 1.165) is 0 Å². The highest BCUT2D eigenvalue weighted by Gasteiger charge is 2.51. The number of rotatable bonds is 6. The number of aliphatic hydroxyl groups is 1. The molecule has 5 atom stereocenters. The minimum atomic E-state index is -2.63. The molecule has 0 bridgehead atoms. The molecule has 3 rings (SSSR count). The quantitative estimate of drug-likeness (QED) is 0.675. The van der Waals surface area contributed by atoms with E-state index in [1.807, 2.05) is 0 Å². The lowest BCUT2D eigenvalue weighted by Crippen LogP contribution is -2.67. The van der Waals surface area contributed by atoms with Crippen LogP contribution in [0.25, 0.3) is 0 Å². The van der Waals surface area contributed by atoms with Crippen molar-refractivity contribution in [3.8, 4) is 0 Å². The Hall–Kier alpha value is -1.11. The Morgan fingerprint density at radius 3 is 1.87 bits per heavy atom. The van der Waals surface area contributed by atoms with Crippen LogP contribution in [0.4, 0.5) is 0 Å². The van der Waals surface area contributed by atoms with Crippen molar-refractivity contribution in [3.63, 3.8) is 0 Å². The predicted molar refractivity (Wildman–Crippen MR) is 130 cm³/mol. The Bertz CT molecular complexity index is 752. The van der Waals surface area contributed by atoms with Crippen LogP contribution in [0.15, 0.2) is 60.7 Å². The summed E-state index contributed by atoms with van der Waals surface area (Å²) in [5.74, 6) is 0.475. The van der Waals surface area contributed by atoms with E-state index in [4.69, 9.17) is 9.16 Å². The van der Waals surface area contributed by atoms with Gasteiger partial charge in [0, 0.05) is 0 Å². The Balaban J connectivity index is 2.00. The van der Waals surface area contributed by atoms with Crippen LogP contribution in [0, 0.1) is 11.8 Å². The van der Waals surface area contributed by atoms with Gasteiger partial charge in [0.2, 0.25) is 0 Å². The second kappa shape index (κ2) is 9.57. The van der Waals surface area contributed by atoms with E-state index >= 15 is 0 Å². The summed E-state index contributed by atoms with van der Waals surface area (Å²) in [4.78, 5) is 0. The third-order valence-corrected chi connectivity index (χ3v) is 12.6. The lowest BCUT2D eigenvalue weighted by molar-refractivity contribution is -0.150. The summed E-state index contributed by atoms with van der Waals surface area (Å²) in [6.45, 7) is 11.5. The lowest BCUT2D eigenvalue weighted by Gasteiger charge is -2.46. The second-order valence-corrected chi connectivity index (χ2v) is 14.7. The van der Waals surface area contributed by atoms with E-state index in [9.17, 15) is 5.11 Å². The summed E-state index contributed by atoms with van der Waals surface area (Å²) < 4.78 is 13.3. The zero-order valence-corrected chi connectivity index (χ0v) is 20.9. The van der Waals surface area contributed by atoms with E-state index in [2.05, 4.69) is 102 Å². The molecule has 1 aliphatic heterocycles. The first-order valence-corrected chi connectivity index (χ1v) is 14.0. The van der Waals surface area contributed by atoms with Crippen LogP contribution in [0.5, 0.6) is 0 Å². The summed E-state index contributed by atoms with van der Waals surface area (Å²) in [6.07, 6.45) is 1.22. The van der Waals surface area contributed by atoms with Gasteiger partial charge < -0.3 is 14.3 Å². The smallest absolute Gasteiger partial charge is 0.261 e. The molecule has 3 nitrogen and oxygen atoms in total. The first-order chi connectivity index (χ1) is 14.2. The van der Waals surface area contributed by atoms with Gasteiger partial charge in [-0.05, 0) is 33.5 Å². The standard InChI is InChI=1S/C25H36O3SSi/c1-18-19(2)24(29-6)28-22(23(18)26)17-27-30(25(3,4)5,20-13-9-7-10-14-20)21-15-11-8-12-16-21/h7-16,18-19,22-24,26H,17H2,1-6H3/t18-,19?,22?,23-,24+/m1/s1. The molecule has 0 radical (unpaired) electrons. The van der Waals surface area contributed by atoms with Crippen molar-refractivity contribution < 1.29 is 14.3 Å². The van der Waals surface area contributed by atoms with Crippen molar-refractivity contribution in [3.05, 3.63) is 60.7 Å². The highest BCUT2D eigenvalue weighted by molar-refractivity contribution is 7.99. The van der Waals surface area contributed by atoms with Crippen molar-refractivity contribution in [1.82, 2.24) is 0 Å². The predicted octanol–water partition coefficient (Wildman–Crippen LogP) is 4.28. The van der Waals surface area contributed by atoms with E-state index in [1.54, 1.807) is 11.8 Å². The molecule has 2 unspecified atom stereocenters. The first-order valence-electron chi connectivity index (χ1n) is 10.8. The minimum absolute atomic E-state index is 0.0798. The second-order valence-electron chi connectivity index (χ2n) is 9.46. The molecule has 0 spiro atoms. The number of benzene rings is 2.